The molecule has 4 nitrogen and oxygen atoms in total. The summed E-state index contributed by atoms with van der Waals surface area (Å²) >= 11 is 13.5. The van der Waals surface area contributed by atoms with Crippen molar-refractivity contribution in [3.63, 3.8) is 0 Å². The Balaban J connectivity index is 1.80. The number of ether oxygens (including phenoxy) is 1. The predicted molar refractivity (Wildman–Crippen MR) is 82.8 cm³/mol. The van der Waals surface area contributed by atoms with Gasteiger partial charge in [-0.25, -0.2) is 4.79 Å². The number of amides is 1. The number of fused-ring (bicyclic) bond motifs is 1. The van der Waals surface area contributed by atoms with Crippen LogP contribution in [0.25, 0.3) is 0 Å². The summed E-state index contributed by atoms with van der Waals surface area (Å²) in [5, 5.41) is 0.526. The van der Waals surface area contributed by atoms with Gasteiger partial charge in [0.25, 0.3) is 0 Å². The monoisotopic (exact) mass is 345 g/mol. The van der Waals surface area contributed by atoms with Gasteiger partial charge in [0, 0.05) is 12.2 Å². The summed E-state index contributed by atoms with van der Waals surface area (Å²) in [7, 11) is 0. The zero-order valence-corrected chi connectivity index (χ0v) is 13.6. The van der Waals surface area contributed by atoms with Crippen LogP contribution in [-0.4, -0.2) is 33.4 Å². The van der Waals surface area contributed by atoms with Gasteiger partial charge in [0.2, 0.25) is 5.91 Å². The van der Waals surface area contributed by atoms with Crippen molar-refractivity contribution >= 4 is 46.8 Å². The van der Waals surface area contributed by atoms with E-state index in [0.717, 1.165) is 6.42 Å². The van der Waals surface area contributed by atoms with Crippen LogP contribution in [-0.2, 0) is 9.59 Å². The number of carbonyl (C=O) groups excluding carboxylic acids is 2. The molecule has 1 aromatic rings. The molecule has 0 saturated carbocycles. The van der Waals surface area contributed by atoms with Gasteiger partial charge in [-0.15, -0.1) is 11.8 Å². The Morgan fingerprint density at radius 1 is 1.48 bits per heavy atom. The largest absolute Gasteiger partial charge is 0.423 e. The summed E-state index contributed by atoms with van der Waals surface area (Å²) in [6, 6.07) is 4.29. The Labute approximate surface area is 136 Å². The molecule has 7 heteroatoms. The van der Waals surface area contributed by atoms with Crippen molar-refractivity contribution in [2.45, 2.75) is 30.7 Å². The summed E-state index contributed by atoms with van der Waals surface area (Å²) in [5.74, 6) is 0.297. The Morgan fingerprint density at radius 2 is 2.24 bits per heavy atom. The normalized spacial score (nSPS) is 27.9. The van der Waals surface area contributed by atoms with Gasteiger partial charge in [-0.05, 0) is 25.5 Å². The number of carbonyl (C=O) groups is 2. The van der Waals surface area contributed by atoms with Crippen molar-refractivity contribution in [3.8, 4) is 5.75 Å². The van der Waals surface area contributed by atoms with Crippen molar-refractivity contribution in [1.29, 1.82) is 0 Å². The molecular formula is C14H13Cl2NO3S. The maximum atomic E-state index is 12.4. The van der Waals surface area contributed by atoms with Gasteiger partial charge in [-0.2, -0.15) is 0 Å². The highest BCUT2D eigenvalue weighted by Gasteiger charge is 2.53. The van der Waals surface area contributed by atoms with E-state index in [1.807, 2.05) is 6.92 Å². The molecule has 0 unspecified atom stereocenters. The number of thioether (sulfide) groups is 1. The van der Waals surface area contributed by atoms with E-state index in [1.54, 1.807) is 34.9 Å². The molecule has 112 valence electrons. The van der Waals surface area contributed by atoms with Gasteiger partial charge in [0.15, 0.2) is 5.75 Å². The number of rotatable bonds is 2. The smallest absolute Gasteiger partial charge is 0.335 e. The molecule has 21 heavy (non-hydrogen) atoms. The first kappa shape index (κ1) is 15.0. The van der Waals surface area contributed by atoms with Crippen molar-refractivity contribution in [1.82, 2.24) is 4.90 Å². The lowest BCUT2D eigenvalue weighted by atomic mass is 10.2. The van der Waals surface area contributed by atoms with Gasteiger partial charge in [0.1, 0.15) is 11.1 Å². The molecule has 0 spiro atoms. The van der Waals surface area contributed by atoms with Crippen LogP contribution in [0.4, 0.5) is 0 Å². The van der Waals surface area contributed by atoms with Crippen LogP contribution in [0, 0.1) is 0 Å². The molecule has 1 aromatic carbocycles. The van der Waals surface area contributed by atoms with Gasteiger partial charge >= 0.3 is 5.97 Å². The standard InChI is InChI=1S/C14H13Cl2NO3S/c1-14-6-5-11(18)17(14)9(7-21-14)13(19)20-10-4-2-3-8(15)12(10)16/h2-4,9H,5-7H2,1H3/t9-,14-/m0/s1. The Hall–Kier alpha value is -0.910. The van der Waals surface area contributed by atoms with Gasteiger partial charge in [0.05, 0.1) is 9.89 Å². The lowest BCUT2D eigenvalue weighted by Crippen LogP contribution is -2.47. The molecule has 0 aromatic heterocycles. The van der Waals surface area contributed by atoms with E-state index in [0.29, 0.717) is 17.2 Å². The van der Waals surface area contributed by atoms with Gasteiger partial charge < -0.3 is 9.64 Å². The van der Waals surface area contributed by atoms with E-state index < -0.39 is 12.0 Å². The van der Waals surface area contributed by atoms with E-state index in [4.69, 9.17) is 27.9 Å². The maximum absolute atomic E-state index is 12.4. The van der Waals surface area contributed by atoms with Gasteiger partial charge in [-0.1, -0.05) is 29.3 Å². The van der Waals surface area contributed by atoms with Crippen LogP contribution in [0.3, 0.4) is 0 Å². The first-order chi connectivity index (χ1) is 9.92. The maximum Gasteiger partial charge on any atom is 0.335 e. The predicted octanol–water partition coefficient (Wildman–Crippen LogP) is 3.35. The van der Waals surface area contributed by atoms with Crippen molar-refractivity contribution in [2.24, 2.45) is 0 Å². The quantitative estimate of drug-likeness (QED) is 0.609. The Morgan fingerprint density at radius 3 is 3.00 bits per heavy atom. The zero-order valence-electron chi connectivity index (χ0n) is 11.3. The number of hydrogen-bond acceptors (Lipinski definition) is 4. The molecule has 0 N–H and O–H groups in total. The van der Waals surface area contributed by atoms with Crippen LogP contribution in [0.1, 0.15) is 19.8 Å². The summed E-state index contributed by atoms with van der Waals surface area (Å²) in [6.07, 6.45) is 1.24. The highest BCUT2D eigenvalue weighted by atomic mass is 35.5. The number of hydrogen-bond donors (Lipinski definition) is 0. The molecule has 1 amide bonds. The van der Waals surface area contributed by atoms with E-state index in [1.165, 1.54) is 0 Å². The molecular weight excluding hydrogens is 333 g/mol. The van der Waals surface area contributed by atoms with Crippen LogP contribution >= 0.6 is 35.0 Å². The second kappa shape index (κ2) is 5.38. The third-order valence-corrected chi connectivity index (χ3v) is 6.15. The molecule has 3 rings (SSSR count). The van der Waals surface area contributed by atoms with Crippen molar-refractivity contribution in [2.75, 3.05) is 5.75 Å². The first-order valence-electron chi connectivity index (χ1n) is 6.54. The summed E-state index contributed by atoms with van der Waals surface area (Å²) in [6.45, 7) is 1.99. The molecule has 2 aliphatic rings. The number of halogens is 2. The lowest BCUT2D eigenvalue weighted by molar-refractivity contribution is -0.146. The molecule has 2 atom stereocenters. The minimum Gasteiger partial charge on any atom is -0.423 e. The molecule has 0 bridgehead atoms. The molecule has 2 aliphatic heterocycles. The molecule has 0 radical (unpaired) electrons. The van der Waals surface area contributed by atoms with Crippen molar-refractivity contribution in [3.05, 3.63) is 28.2 Å². The molecule has 0 aliphatic carbocycles. The van der Waals surface area contributed by atoms with E-state index in [9.17, 15) is 9.59 Å². The number of nitrogens with zero attached hydrogens (tertiary/aromatic N) is 1. The van der Waals surface area contributed by atoms with Crippen LogP contribution in [0.15, 0.2) is 18.2 Å². The average Bonchev–Trinajstić information content (AvgIpc) is 2.92. The summed E-state index contributed by atoms with van der Waals surface area (Å²) in [4.78, 5) is 25.7. The highest BCUT2D eigenvalue weighted by molar-refractivity contribution is 8.01. The van der Waals surface area contributed by atoms with Crippen molar-refractivity contribution < 1.29 is 14.3 Å². The van der Waals surface area contributed by atoms with E-state index in [-0.39, 0.29) is 21.6 Å². The van der Waals surface area contributed by atoms with E-state index >= 15 is 0 Å². The Bertz CT molecular complexity index is 624. The van der Waals surface area contributed by atoms with Crippen LogP contribution < -0.4 is 4.74 Å². The third-order valence-electron chi connectivity index (χ3n) is 3.84. The second-order valence-electron chi connectivity index (χ2n) is 5.24. The average molecular weight is 346 g/mol. The molecule has 2 heterocycles. The fourth-order valence-corrected chi connectivity index (χ4v) is 4.48. The molecule has 2 fully saturated rings. The zero-order chi connectivity index (χ0) is 15.2. The Kier molecular flexibility index (Phi) is 3.84. The second-order valence-corrected chi connectivity index (χ2v) is 7.53. The minimum absolute atomic E-state index is 0.00152. The van der Waals surface area contributed by atoms with Crippen LogP contribution in [0.5, 0.6) is 5.75 Å². The van der Waals surface area contributed by atoms with Crippen LogP contribution in [0.2, 0.25) is 10.0 Å². The third kappa shape index (κ3) is 2.51. The lowest BCUT2D eigenvalue weighted by Gasteiger charge is -2.29. The van der Waals surface area contributed by atoms with E-state index in [2.05, 4.69) is 0 Å². The summed E-state index contributed by atoms with van der Waals surface area (Å²) in [5.41, 5.74) is 0. The summed E-state index contributed by atoms with van der Waals surface area (Å²) < 4.78 is 5.35. The van der Waals surface area contributed by atoms with Gasteiger partial charge in [-0.3, -0.25) is 4.79 Å². The fraction of sp³-hybridized carbons (Fsp3) is 0.429. The molecule has 2 saturated heterocycles. The topological polar surface area (TPSA) is 46.6 Å². The first-order valence-corrected chi connectivity index (χ1v) is 8.28. The highest BCUT2D eigenvalue weighted by Crippen LogP contribution is 2.47. The fourth-order valence-electron chi connectivity index (χ4n) is 2.73. The minimum atomic E-state index is -0.565. The number of benzene rings is 1. The SMILES string of the molecule is C[C@]12CCC(=O)N1[C@H](C(=O)Oc1cccc(Cl)c1Cl)CS2. The number of esters is 1.